The summed E-state index contributed by atoms with van der Waals surface area (Å²) in [6.07, 6.45) is 0.0828. The highest BCUT2D eigenvalue weighted by atomic mass is 35.5. The Balaban J connectivity index is 2.43. The van der Waals surface area contributed by atoms with Crippen molar-refractivity contribution in [2.24, 2.45) is 0 Å². The van der Waals surface area contributed by atoms with Gasteiger partial charge in [0.05, 0.1) is 13.2 Å². The molecule has 0 amide bonds. The summed E-state index contributed by atoms with van der Waals surface area (Å²) in [6.45, 7) is 5.82. The van der Waals surface area contributed by atoms with E-state index in [-0.39, 0.29) is 6.10 Å². The predicted octanol–water partition coefficient (Wildman–Crippen LogP) is 3.90. The Kier molecular flexibility index (Phi) is 4.45. The van der Waals surface area contributed by atoms with Crippen LogP contribution in [-0.4, -0.2) is 23.2 Å². The van der Waals surface area contributed by atoms with Gasteiger partial charge in [-0.05, 0) is 45.0 Å². The first-order valence-corrected chi connectivity index (χ1v) is 6.73. The zero-order valence-electron chi connectivity index (χ0n) is 12.0. The third-order valence-electron chi connectivity index (χ3n) is 2.61. The molecule has 0 bridgehead atoms. The summed E-state index contributed by atoms with van der Waals surface area (Å²) in [5.41, 5.74) is 1.66. The minimum atomic E-state index is 0.0828. The Morgan fingerprint density at radius 3 is 2.45 bits per heavy atom. The molecule has 1 heterocycles. The van der Waals surface area contributed by atoms with Crippen LogP contribution in [0.15, 0.2) is 24.3 Å². The number of hydrogen-bond donors (Lipinski definition) is 0. The fourth-order valence-corrected chi connectivity index (χ4v) is 2.06. The number of nitrogens with zero attached hydrogens (tertiary/aromatic N) is 2. The van der Waals surface area contributed by atoms with Crippen LogP contribution in [0.2, 0.25) is 5.15 Å². The van der Waals surface area contributed by atoms with Gasteiger partial charge in [-0.25, -0.2) is 9.97 Å². The molecule has 106 valence electrons. The lowest BCUT2D eigenvalue weighted by Crippen LogP contribution is -2.06. The van der Waals surface area contributed by atoms with Gasteiger partial charge in [-0.1, -0.05) is 11.6 Å². The van der Waals surface area contributed by atoms with Crippen LogP contribution in [0.3, 0.4) is 0 Å². The minimum absolute atomic E-state index is 0.0828. The third kappa shape index (κ3) is 3.39. The molecule has 0 atom stereocenters. The van der Waals surface area contributed by atoms with E-state index in [2.05, 4.69) is 9.97 Å². The number of methoxy groups -OCH3 is 1. The second-order valence-electron chi connectivity index (χ2n) is 4.69. The quantitative estimate of drug-likeness (QED) is 0.802. The molecule has 0 unspecified atom stereocenters. The van der Waals surface area contributed by atoms with Gasteiger partial charge in [0.2, 0.25) is 0 Å². The van der Waals surface area contributed by atoms with Crippen molar-refractivity contribution in [3.63, 3.8) is 0 Å². The van der Waals surface area contributed by atoms with Gasteiger partial charge in [0, 0.05) is 11.3 Å². The maximum atomic E-state index is 5.97. The molecule has 1 aromatic carbocycles. The van der Waals surface area contributed by atoms with E-state index in [0.717, 1.165) is 11.3 Å². The molecule has 0 spiro atoms. The van der Waals surface area contributed by atoms with Crippen molar-refractivity contribution in [3.8, 4) is 22.9 Å². The molecular formula is C15H17ClN2O2. The van der Waals surface area contributed by atoms with Crippen molar-refractivity contribution in [2.75, 3.05) is 7.11 Å². The van der Waals surface area contributed by atoms with E-state index in [9.17, 15) is 0 Å². The molecule has 0 N–H and O–H groups in total. The molecule has 0 radical (unpaired) electrons. The van der Waals surface area contributed by atoms with Gasteiger partial charge in [0.1, 0.15) is 5.15 Å². The number of halogens is 1. The van der Waals surface area contributed by atoms with Gasteiger partial charge in [-0.2, -0.15) is 0 Å². The lowest BCUT2D eigenvalue weighted by molar-refractivity contribution is 0.230. The average Bonchev–Trinajstić information content (AvgIpc) is 2.37. The van der Waals surface area contributed by atoms with E-state index in [1.807, 2.05) is 39.0 Å². The van der Waals surface area contributed by atoms with Crippen molar-refractivity contribution >= 4 is 11.6 Å². The highest BCUT2D eigenvalue weighted by Gasteiger charge is 2.11. The predicted molar refractivity (Wildman–Crippen MR) is 79.5 cm³/mol. The van der Waals surface area contributed by atoms with Crippen LogP contribution in [0.25, 0.3) is 11.4 Å². The summed E-state index contributed by atoms with van der Waals surface area (Å²) in [6, 6.07) is 7.32. The molecular weight excluding hydrogens is 276 g/mol. The van der Waals surface area contributed by atoms with E-state index in [4.69, 9.17) is 21.1 Å². The van der Waals surface area contributed by atoms with E-state index in [1.54, 1.807) is 13.2 Å². The van der Waals surface area contributed by atoms with Crippen molar-refractivity contribution < 1.29 is 9.47 Å². The molecule has 20 heavy (non-hydrogen) atoms. The molecule has 1 aromatic heterocycles. The van der Waals surface area contributed by atoms with Crippen LogP contribution in [-0.2, 0) is 0 Å². The van der Waals surface area contributed by atoms with Crippen molar-refractivity contribution in [3.05, 3.63) is 35.1 Å². The fraction of sp³-hybridized carbons (Fsp3) is 0.333. The second kappa shape index (κ2) is 6.09. The Hall–Kier alpha value is -1.81. The van der Waals surface area contributed by atoms with Gasteiger partial charge in [-0.3, -0.25) is 0 Å². The van der Waals surface area contributed by atoms with E-state index in [1.165, 1.54) is 0 Å². The molecule has 0 aliphatic heterocycles. The Labute approximate surface area is 123 Å². The smallest absolute Gasteiger partial charge is 0.161 e. The summed E-state index contributed by atoms with van der Waals surface area (Å²) in [4.78, 5) is 8.61. The largest absolute Gasteiger partial charge is 0.493 e. The molecule has 0 fully saturated rings. The van der Waals surface area contributed by atoms with E-state index < -0.39 is 0 Å². The topological polar surface area (TPSA) is 44.2 Å². The highest BCUT2D eigenvalue weighted by Crippen LogP contribution is 2.32. The molecule has 0 saturated carbocycles. The van der Waals surface area contributed by atoms with Crippen LogP contribution in [0.5, 0.6) is 11.5 Å². The first-order chi connectivity index (χ1) is 9.49. The molecule has 4 nitrogen and oxygen atoms in total. The number of hydrogen-bond acceptors (Lipinski definition) is 4. The van der Waals surface area contributed by atoms with Crippen molar-refractivity contribution in [2.45, 2.75) is 26.9 Å². The molecule has 0 aliphatic rings. The Morgan fingerprint density at radius 1 is 1.10 bits per heavy atom. The standard InChI is InChI=1S/C15H17ClN2O2/c1-9(2)20-12-6-5-11(8-13(12)19-4)15-17-10(3)7-14(16)18-15/h5-9H,1-4H3. The van der Waals surface area contributed by atoms with E-state index in [0.29, 0.717) is 22.5 Å². The lowest BCUT2D eigenvalue weighted by atomic mass is 10.2. The average molecular weight is 293 g/mol. The molecule has 2 aromatic rings. The summed E-state index contributed by atoms with van der Waals surface area (Å²) in [5, 5.41) is 0.425. The maximum Gasteiger partial charge on any atom is 0.161 e. The van der Waals surface area contributed by atoms with Gasteiger partial charge in [0.25, 0.3) is 0 Å². The van der Waals surface area contributed by atoms with Crippen LogP contribution in [0, 0.1) is 6.92 Å². The highest BCUT2D eigenvalue weighted by molar-refractivity contribution is 6.29. The fourth-order valence-electron chi connectivity index (χ4n) is 1.82. The first-order valence-electron chi connectivity index (χ1n) is 6.36. The lowest BCUT2D eigenvalue weighted by Gasteiger charge is -2.14. The maximum absolute atomic E-state index is 5.97. The SMILES string of the molecule is COc1cc(-c2nc(C)cc(Cl)n2)ccc1OC(C)C. The summed E-state index contributed by atoms with van der Waals surface area (Å²) < 4.78 is 11.0. The van der Waals surface area contributed by atoms with Gasteiger partial charge in [0.15, 0.2) is 17.3 Å². The number of aryl methyl sites for hydroxylation is 1. The van der Waals surface area contributed by atoms with Crippen LogP contribution < -0.4 is 9.47 Å². The summed E-state index contributed by atoms with van der Waals surface area (Å²) in [7, 11) is 1.61. The Morgan fingerprint density at radius 2 is 1.85 bits per heavy atom. The van der Waals surface area contributed by atoms with Gasteiger partial charge >= 0.3 is 0 Å². The van der Waals surface area contributed by atoms with Crippen molar-refractivity contribution in [1.29, 1.82) is 0 Å². The number of rotatable bonds is 4. The monoisotopic (exact) mass is 292 g/mol. The number of benzene rings is 1. The number of aromatic nitrogens is 2. The van der Waals surface area contributed by atoms with Crippen molar-refractivity contribution in [1.82, 2.24) is 9.97 Å². The summed E-state index contributed by atoms with van der Waals surface area (Å²) in [5.74, 6) is 1.92. The molecule has 5 heteroatoms. The normalized spacial score (nSPS) is 10.7. The summed E-state index contributed by atoms with van der Waals surface area (Å²) >= 11 is 5.97. The first kappa shape index (κ1) is 14.6. The zero-order chi connectivity index (χ0) is 14.7. The van der Waals surface area contributed by atoms with Crippen LogP contribution in [0.4, 0.5) is 0 Å². The molecule has 2 rings (SSSR count). The molecule has 0 saturated heterocycles. The van der Waals surface area contributed by atoms with Crippen LogP contribution >= 0.6 is 11.6 Å². The Bertz CT molecular complexity index is 595. The zero-order valence-corrected chi connectivity index (χ0v) is 12.7. The van der Waals surface area contributed by atoms with E-state index >= 15 is 0 Å². The third-order valence-corrected chi connectivity index (χ3v) is 2.80. The second-order valence-corrected chi connectivity index (χ2v) is 5.08. The number of ether oxygens (including phenoxy) is 2. The van der Waals surface area contributed by atoms with Gasteiger partial charge in [-0.15, -0.1) is 0 Å². The molecule has 0 aliphatic carbocycles. The minimum Gasteiger partial charge on any atom is -0.493 e. The van der Waals surface area contributed by atoms with Gasteiger partial charge < -0.3 is 9.47 Å². The van der Waals surface area contributed by atoms with Crippen LogP contribution in [0.1, 0.15) is 19.5 Å².